The maximum atomic E-state index is 12.2. The molecule has 0 amide bonds. The van der Waals surface area contributed by atoms with Gasteiger partial charge < -0.3 is 5.11 Å². The molecule has 2 aliphatic rings. The molecule has 1 aliphatic heterocycles. The van der Waals surface area contributed by atoms with E-state index in [9.17, 15) is 9.90 Å². The number of rotatable bonds is 3. The van der Waals surface area contributed by atoms with Gasteiger partial charge in [0.2, 0.25) is 0 Å². The summed E-state index contributed by atoms with van der Waals surface area (Å²) in [5.74, 6) is 0.732. The van der Waals surface area contributed by atoms with Crippen LogP contribution in [0.3, 0.4) is 0 Å². The van der Waals surface area contributed by atoms with Gasteiger partial charge in [0.25, 0.3) is 5.56 Å². The van der Waals surface area contributed by atoms with E-state index in [1.54, 1.807) is 16.7 Å². The fourth-order valence-electron chi connectivity index (χ4n) is 5.03. The summed E-state index contributed by atoms with van der Waals surface area (Å²) in [5.41, 5.74) is 1.10. The average molecular weight is 382 g/mol. The van der Waals surface area contributed by atoms with Crippen molar-refractivity contribution in [1.29, 1.82) is 0 Å². The topological polar surface area (TPSA) is 57.8 Å². The summed E-state index contributed by atoms with van der Waals surface area (Å²) in [6.07, 6.45) is 4.81. The molecule has 27 heavy (non-hydrogen) atoms. The van der Waals surface area contributed by atoms with Crippen molar-refractivity contribution in [3.63, 3.8) is 0 Å². The molecule has 0 spiro atoms. The summed E-state index contributed by atoms with van der Waals surface area (Å²) in [6.45, 7) is 2.48. The number of thiazole rings is 1. The lowest BCUT2D eigenvalue weighted by Crippen LogP contribution is -2.42. The van der Waals surface area contributed by atoms with Gasteiger partial charge in [-0.25, -0.2) is 4.98 Å². The lowest BCUT2D eigenvalue weighted by atomic mass is 9.67. The van der Waals surface area contributed by atoms with Crippen molar-refractivity contribution in [2.45, 2.75) is 31.4 Å². The minimum Gasteiger partial charge on any atom is -0.385 e. The fourth-order valence-corrected chi connectivity index (χ4v) is 5.76. The Hall–Kier alpha value is -2.02. The standard InChI is InChI=1S/C21H23N3O2S/c25-19-11-17(22-20-24(19)9-10-27-20)13-23-12-15-5-4-8-21(26,18(15)14-23)16-6-2-1-3-7-16/h1-3,6-7,9-11,15,18,26H,4-5,8,12-14H2/t15-,18+,21+/m0/s1. The highest BCUT2D eigenvalue weighted by atomic mass is 32.1. The highest BCUT2D eigenvalue weighted by molar-refractivity contribution is 7.15. The molecule has 0 unspecified atom stereocenters. The van der Waals surface area contributed by atoms with Gasteiger partial charge in [-0.3, -0.25) is 14.1 Å². The number of aromatic nitrogens is 2. The number of likely N-dealkylation sites (tertiary alicyclic amines) is 1. The van der Waals surface area contributed by atoms with Crippen LogP contribution in [0.25, 0.3) is 4.96 Å². The van der Waals surface area contributed by atoms with Gasteiger partial charge >= 0.3 is 0 Å². The molecule has 0 bridgehead atoms. The molecule has 3 atom stereocenters. The number of fused-ring (bicyclic) bond motifs is 2. The van der Waals surface area contributed by atoms with E-state index in [1.165, 1.54) is 11.3 Å². The van der Waals surface area contributed by atoms with Crippen molar-refractivity contribution in [1.82, 2.24) is 14.3 Å². The predicted molar refractivity (Wildman–Crippen MR) is 106 cm³/mol. The molecule has 0 radical (unpaired) electrons. The normalized spacial score (nSPS) is 28.5. The molecule has 1 aromatic carbocycles. The van der Waals surface area contributed by atoms with Gasteiger partial charge in [-0.2, -0.15) is 0 Å². The van der Waals surface area contributed by atoms with E-state index < -0.39 is 5.60 Å². The third kappa shape index (κ3) is 2.92. The third-order valence-corrected chi connectivity index (χ3v) is 7.03. The first-order valence-electron chi connectivity index (χ1n) is 9.59. The Labute approximate surface area is 161 Å². The van der Waals surface area contributed by atoms with E-state index >= 15 is 0 Å². The van der Waals surface area contributed by atoms with Crippen LogP contribution in [0.4, 0.5) is 0 Å². The Balaban J connectivity index is 1.40. The highest BCUT2D eigenvalue weighted by Crippen LogP contribution is 2.48. The number of nitrogens with zero attached hydrogens (tertiary/aromatic N) is 3. The summed E-state index contributed by atoms with van der Waals surface area (Å²) in [4.78, 5) is 20.0. The molecule has 2 aromatic heterocycles. The van der Waals surface area contributed by atoms with Gasteiger partial charge in [-0.05, 0) is 30.7 Å². The maximum absolute atomic E-state index is 12.2. The second-order valence-electron chi connectivity index (χ2n) is 7.88. The SMILES string of the molecule is O=c1cc(CN2C[C@@H]3CCC[C@@](O)(c4ccccc4)[C@@H]3C2)nc2sccn12. The lowest BCUT2D eigenvalue weighted by Gasteiger charge is -2.41. The van der Waals surface area contributed by atoms with Crippen molar-refractivity contribution < 1.29 is 5.11 Å². The summed E-state index contributed by atoms with van der Waals surface area (Å²) >= 11 is 1.48. The van der Waals surface area contributed by atoms with E-state index in [1.807, 2.05) is 23.6 Å². The Morgan fingerprint density at radius 3 is 2.96 bits per heavy atom. The molecule has 3 heterocycles. The van der Waals surface area contributed by atoms with Gasteiger partial charge in [0.1, 0.15) is 0 Å². The molecular weight excluding hydrogens is 358 g/mol. The summed E-state index contributed by atoms with van der Waals surface area (Å²) in [5, 5.41) is 13.4. The molecule has 1 saturated heterocycles. The van der Waals surface area contributed by atoms with Gasteiger partial charge in [-0.15, -0.1) is 11.3 Å². The van der Waals surface area contributed by atoms with E-state index in [-0.39, 0.29) is 11.5 Å². The van der Waals surface area contributed by atoms with Crippen molar-refractivity contribution in [3.8, 4) is 0 Å². The minimum atomic E-state index is -0.746. The van der Waals surface area contributed by atoms with E-state index in [2.05, 4.69) is 22.0 Å². The zero-order valence-electron chi connectivity index (χ0n) is 15.1. The van der Waals surface area contributed by atoms with Crippen molar-refractivity contribution >= 4 is 16.3 Å². The van der Waals surface area contributed by atoms with Crippen LogP contribution >= 0.6 is 11.3 Å². The van der Waals surface area contributed by atoms with Gasteiger partial charge in [0.05, 0.1) is 11.3 Å². The number of hydrogen-bond acceptors (Lipinski definition) is 5. The van der Waals surface area contributed by atoms with Crippen molar-refractivity contribution in [2.24, 2.45) is 11.8 Å². The largest absolute Gasteiger partial charge is 0.385 e. The van der Waals surface area contributed by atoms with Gasteiger partial charge in [0.15, 0.2) is 4.96 Å². The molecule has 3 aromatic rings. The molecule has 1 N–H and O–H groups in total. The molecular formula is C21H23N3O2S. The molecule has 140 valence electrons. The molecule has 5 nitrogen and oxygen atoms in total. The summed E-state index contributed by atoms with van der Waals surface area (Å²) in [6, 6.07) is 11.8. The van der Waals surface area contributed by atoms with Gasteiger partial charge in [-0.1, -0.05) is 30.3 Å². The molecule has 1 saturated carbocycles. The molecule has 5 rings (SSSR count). The summed E-state index contributed by atoms with van der Waals surface area (Å²) < 4.78 is 1.59. The average Bonchev–Trinajstić information content (AvgIpc) is 3.30. The minimum absolute atomic E-state index is 0.0198. The highest BCUT2D eigenvalue weighted by Gasteiger charge is 2.49. The monoisotopic (exact) mass is 381 g/mol. The lowest BCUT2D eigenvalue weighted by molar-refractivity contribution is -0.0648. The predicted octanol–water partition coefficient (Wildman–Crippen LogP) is 2.88. The first kappa shape index (κ1) is 17.1. The van der Waals surface area contributed by atoms with E-state index in [0.29, 0.717) is 12.5 Å². The van der Waals surface area contributed by atoms with Crippen LogP contribution in [-0.4, -0.2) is 32.5 Å². The van der Waals surface area contributed by atoms with Crippen molar-refractivity contribution in [3.05, 3.63) is 69.6 Å². The van der Waals surface area contributed by atoms with Crippen LogP contribution in [0.5, 0.6) is 0 Å². The molecule has 6 heteroatoms. The molecule has 2 fully saturated rings. The zero-order valence-corrected chi connectivity index (χ0v) is 15.9. The van der Waals surface area contributed by atoms with E-state index in [4.69, 9.17) is 0 Å². The van der Waals surface area contributed by atoms with Crippen LogP contribution in [0.1, 0.15) is 30.5 Å². The van der Waals surface area contributed by atoms with Crippen molar-refractivity contribution in [2.75, 3.05) is 13.1 Å². The van der Waals surface area contributed by atoms with Crippen LogP contribution in [0.15, 0.2) is 52.8 Å². The fraction of sp³-hybridized carbons (Fsp3) is 0.429. The first-order chi connectivity index (χ1) is 13.1. The van der Waals surface area contributed by atoms with E-state index in [0.717, 1.165) is 48.6 Å². The zero-order chi connectivity index (χ0) is 18.4. The Morgan fingerprint density at radius 2 is 2.11 bits per heavy atom. The maximum Gasteiger partial charge on any atom is 0.258 e. The number of hydrogen-bond donors (Lipinski definition) is 1. The van der Waals surface area contributed by atoms with Crippen LogP contribution in [-0.2, 0) is 12.1 Å². The van der Waals surface area contributed by atoms with Crippen LogP contribution in [0.2, 0.25) is 0 Å². The van der Waals surface area contributed by atoms with Gasteiger partial charge in [0, 0.05) is 43.2 Å². The van der Waals surface area contributed by atoms with Crippen LogP contribution in [0, 0.1) is 11.8 Å². The third-order valence-electron chi connectivity index (χ3n) is 6.28. The second kappa shape index (κ2) is 6.55. The summed E-state index contributed by atoms with van der Waals surface area (Å²) in [7, 11) is 0. The Kier molecular flexibility index (Phi) is 4.15. The van der Waals surface area contributed by atoms with Crippen LogP contribution < -0.4 is 5.56 Å². The number of aliphatic hydroxyl groups is 1. The molecule has 1 aliphatic carbocycles. The smallest absolute Gasteiger partial charge is 0.258 e. The Morgan fingerprint density at radius 1 is 1.26 bits per heavy atom. The quantitative estimate of drug-likeness (QED) is 0.758. The number of benzene rings is 1. The second-order valence-corrected chi connectivity index (χ2v) is 8.76. The Bertz CT molecular complexity index is 1010. The first-order valence-corrected chi connectivity index (χ1v) is 10.5.